The molecule has 0 aromatic heterocycles. The summed E-state index contributed by atoms with van der Waals surface area (Å²) >= 11 is 0. The van der Waals surface area contributed by atoms with Crippen molar-refractivity contribution in [3.8, 4) is 5.75 Å². The summed E-state index contributed by atoms with van der Waals surface area (Å²) in [5, 5.41) is 0. The molecule has 1 unspecified atom stereocenters. The quantitative estimate of drug-likeness (QED) is 0.842. The number of benzene rings is 1. The number of nitrogens with zero attached hydrogens (tertiary/aromatic N) is 1. The van der Waals surface area contributed by atoms with Crippen molar-refractivity contribution in [3.05, 3.63) is 24.3 Å². The van der Waals surface area contributed by atoms with E-state index in [2.05, 4.69) is 0 Å². The van der Waals surface area contributed by atoms with Crippen LogP contribution in [0.15, 0.2) is 29.2 Å². The second-order valence-corrected chi connectivity index (χ2v) is 5.78. The molecule has 0 fully saturated rings. The molecule has 0 aliphatic carbocycles. The molecule has 1 atom stereocenters. The summed E-state index contributed by atoms with van der Waals surface area (Å²) in [6.45, 7) is 2.05. The van der Waals surface area contributed by atoms with Gasteiger partial charge < -0.3 is 10.5 Å². The van der Waals surface area contributed by atoms with Gasteiger partial charge in [0.25, 0.3) is 0 Å². The van der Waals surface area contributed by atoms with E-state index in [-0.39, 0.29) is 17.5 Å². The molecule has 2 N–H and O–H groups in total. The van der Waals surface area contributed by atoms with Gasteiger partial charge in [-0.1, -0.05) is 0 Å². The fourth-order valence-corrected chi connectivity index (χ4v) is 2.67. The first kappa shape index (κ1) is 14.0. The van der Waals surface area contributed by atoms with Crippen LogP contribution in [0.1, 0.15) is 6.92 Å². The van der Waals surface area contributed by atoms with Crippen LogP contribution in [-0.2, 0) is 10.0 Å². The largest absolute Gasteiger partial charge is 0.497 e. The molecule has 0 aliphatic heterocycles. The van der Waals surface area contributed by atoms with Crippen molar-refractivity contribution in [1.82, 2.24) is 4.31 Å². The van der Waals surface area contributed by atoms with E-state index in [1.165, 1.54) is 30.6 Å². The first-order valence-electron chi connectivity index (χ1n) is 5.25. The number of hydrogen-bond donors (Lipinski definition) is 1. The maximum atomic E-state index is 12.2. The highest BCUT2D eigenvalue weighted by Crippen LogP contribution is 2.19. The van der Waals surface area contributed by atoms with E-state index in [9.17, 15) is 8.42 Å². The van der Waals surface area contributed by atoms with E-state index < -0.39 is 10.0 Å². The van der Waals surface area contributed by atoms with E-state index >= 15 is 0 Å². The fraction of sp³-hybridized carbons (Fsp3) is 0.455. The maximum Gasteiger partial charge on any atom is 0.243 e. The van der Waals surface area contributed by atoms with Gasteiger partial charge in [0.05, 0.1) is 12.0 Å². The van der Waals surface area contributed by atoms with Gasteiger partial charge in [-0.2, -0.15) is 4.31 Å². The summed E-state index contributed by atoms with van der Waals surface area (Å²) in [6.07, 6.45) is 0. The SMILES string of the molecule is COc1ccc(S(=O)(=O)N(C)C(C)CN)cc1. The van der Waals surface area contributed by atoms with Crippen LogP contribution in [-0.4, -0.2) is 39.5 Å². The third-order valence-corrected chi connectivity index (χ3v) is 4.68. The zero-order chi connectivity index (χ0) is 13.1. The summed E-state index contributed by atoms with van der Waals surface area (Å²) in [5.74, 6) is 0.624. The molecular weight excluding hydrogens is 240 g/mol. The summed E-state index contributed by atoms with van der Waals surface area (Å²) in [4.78, 5) is 0.237. The first-order chi connectivity index (χ1) is 7.93. The van der Waals surface area contributed by atoms with E-state index in [1.807, 2.05) is 0 Å². The van der Waals surface area contributed by atoms with Gasteiger partial charge in [-0.15, -0.1) is 0 Å². The van der Waals surface area contributed by atoms with Crippen LogP contribution < -0.4 is 10.5 Å². The molecule has 1 aromatic carbocycles. The highest BCUT2D eigenvalue weighted by Gasteiger charge is 2.24. The standard InChI is InChI=1S/C11H18N2O3S/c1-9(8-12)13(2)17(14,15)11-6-4-10(16-3)5-7-11/h4-7,9H,8,12H2,1-3H3. The highest BCUT2D eigenvalue weighted by atomic mass is 32.2. The molecule has 1 aromatic rings. The normalized spacial score (nSPS) is 13.7. The maximum absolute atomic E-state index is 12.2. The molecule has 0 aliphatic rings. The van der Waals surface area contributed by atoms with E-state index in [0.717, 1.165) is 0 Å². The predicted octanol–water partition coefficient (Wildman–Crippen LogP) is 0.663. The molecular formula is C11H18N2O3S. The van der Waals surface area contributed by atoms with Crippen LogP contribution in [0.3, 0.4) is 0 Å². The lowest BCUT2D eigenvalue weighted by molar-refractivity contribution is 0.394. The van der Waals surface area contributed by atoms with Crippen LogP contribution >= 0.6 is 0 Å². The van der Waals surface area contributed by atoms with Gasteiger partial charge in [0, 0.05) is 19.6 Å². The predicted molar refractivity (Wildman–Crippen MR) is 66.5 cm³/mol. The number of likely N-dealkylation sites (N-methyl/N-ethyl adjacent to an activating group) is 1. The fourth-order valence-electron chi connectivity index (χ4n) is 1.30. The molecule has 0 saturated heterocycles. The Morgan fingerprint density at radius 1 is 1.35 bits per heavy atom. The Hall–Kier alpha value is -1.11. The minimum Gasteiger partial charge on any atom is -0.497 e. The van der Waals surface area contributed by atoms with Crippen LogP contribution in [0.25, 0.3) is 0 Å². The lowest BCUT2D eigenvalue weighted by Gasteiger charge is -2.23. The highest BCUT2D eigenvalue weighted by molar-refractivity contribution is 7.89. The Labute approximate surface area is 102 Å². The molecule has 0 saturated carbocycles. The van der Waals surface area contributed by atoms with E-state index in [1.54, 1.807) is 19.1 Å². The van der Waals surface area contributed by atoms with Crippen LogP contribution in [0.5, 0.6) is 5.75 Å². The molecule has 0 spiro atoms. The zero-order valence-corrected chi connectivity index (χ0v) is 11.1. The smallest absolute Gasteiger partial charge is 0.243 e. The van der Waals surface area contributed by atoms with Gasteiger partial charge in [0.2, 0.25) is 10.0 Å². The molecule has 5 nitrogen and oxygen atoms in total. The molecule has 0 radical (unpaired) electrons. The summed E-state index contributed by atoms with van der Waals surface area (Å²) in [5.41, 5.74) is 5.47. The minimum atomic E-state index is -3.48. The summed E-state index contributed by atoms with van der Waals surface area (Å²) < 4.78 is 30.6. The van der Waals surface area contributed by atoms with Crippen molar-refractivity contribution in [3.63, 3.8) is 0 Å². The first-order valence-corrected chi connectivity index (χ1v) is 6.69. The van der Waals surface area contributed by atoms with Crippen molar-refractivity contribution in [2.75, 3.05) is 20.7 Å². The summed E-state index contributed by atoms with van der Waals surface area (Å²) in [7, 11) is -0.419. The molecule has 1 rings (SSSR count). The molecule has 17 heavy (non-hydrogen) atoms. The zero-order valence-electron chi connectivity index (χ0n) is 10.3. The second-order valence-electron chi connectivity index (χ2n) is 3.78. The van der Waals surface area contributed by atoms with Gasteiger partial charge in [0.1, 0.15) is 5.75 Å². The van der Waals surface area contributed by atoms with Gasteiger partial charge in [-0.05, 0) is 31.2 Å². The molecule has 96 valence electrons. The van der Waals surface area contributed by atoms with Gasteiger partial charge in [-0.3, -0.25) is 0 Å². The Morgan fingerprint density at radius 2 is 1.88 bits per heavy atom. The van der Waals surface area contributed by atoms with Gasteiger partial charge in [0.15, 0.2) is 0 Å². The number of methoxy groups -OCH3 is 1. The van der Waals surface area contributed by atoms with E-state index in [4.69, 9.17) is 10.5 Å². The Morgan fingerprint density at radius 3 is 2.29 bits per heavy atom. The molecule has 0 bridgehead atoms. The number of ether oxygens (including phenoxy) is 1. The minimum absolute atomic E-state index is 0.234. The molecule has 6 heteroatoms. The monoisotopic (exact) mass is 258 g/mol. The van der Waals surface area contributed by atoms with Crippen LogP contribution in [0, 0.1) is 0 Å². The van der Waals surface area contributed by atoms with Crippen molar-refractivity contribution in [2.45, 2.75) is 17.9 Å². The average molecular weight is 258 g/mol. The van der Waals surface area contributed by atoms with Crippen molar-refractivity contribution < 1.29 is 13.2 Å². The Kier molecular flexibility index (Phi) is 4.50. The number of hydrogen-bond acceptors (Lipinski definition) is 4. The van der Waals surface area contributed by atoms with Gasteiger partial charge in [-0.25, -0.2) is 8.42 Å². The van der Waals surface area contributed by atoms with Crippen molar-refractivity contribution in [2.24, 2.45) is 5.73 Å². The molecule has 0 amide bonds. The average Bonchev–Trinajstić information content (AvgIpc) is 2.36. The van der Waals surface area contributed by atoms with Crippen LogP contribution in [0.4, 0.5) is 0 Å². The van der Waals surface area contributed by atoms with Crippen molar-refractivity contribution in [1.29, 1.82) is 0 Å². The molecule has 0 heterocycles. The van der Waals surface area contributed by atoms with Crippen molar-refractivity contribution >= 4 is 10.0 Å². The lowest BCUT2D eigenvalue weighted by Crippen LogP contribution is -2.39. The Bertz CT molecular complexity index is 456. The Balaban J connectivity index is 3.04. The van der Waals surface area contributed by atoms with Gasteiger partial charge >= 0.3 is 0 Å². The topological polar surface area (TPSA) is 72.6 Å². The lowest BCUT2D eigenvalue weighted by atomic mass is 10.3. The number of sulfonamides is 1. The summed E-state index contributed by atoms with van der Waals surface area (Å²) in [6, 6.07) is 6.05. The second kappa shape index (κ2) is 5.48. The third-order valence-electron chi connectivity index (χ3n) is 2.70. The van der Waals surface area contributed by atoms with Crippen LogP contribution in [0.2, 0.25) is 0 Å². The number of rotatable bonds is 5. The third kappa shape index (κ3) is 2.96. The number of nitrogens with two attached hydrogens (primary N) is 1. The van der Waals surface area contributed by atoms with E-state index in [0.29, 0.717) is 5.75 Å².